The fourth-order valence-electron chi connectivity index (χ4n) is 1.76. The number of nitrogens with zero attached hydrogens (tertiary/aromatic N) is 2. The molecule has 0 spiro atoms. The fourth-order valence-corrected chi connectivity index (χ4v) is 1.76. The standard InChI is InChI=1S/C15H15N3O4/c19-15(10-12-4-2-1-3-5-12)22-9-8-16-14-7-6-13(11-17-14)18(20)21/h1-7,11H,8-10H2,(H,16,17). The van der Waals surface area contributed by atoms with Crippen LogP contribution in [0.4, 0.5) is 11.5 Å². The molecular weight excluding hydrogens is 286 g/mol. The maximum atomic E-state index is 11.6. The molecule has 0 amide bonds. The van der Waals surface area contributed by atoms with Gasteiger partial charge in [-0.2, -0.15) is 0 Å². The number of nitrogens with one attached hydrogen (secondary N) is 1. The van der Waals surface area contributed by atoms with Crippen LogP contribution in [-0.4, -0.2) is 29.0 Å². The number of ether oxygens (including phenoxy) is 1. The second-order valence-corrected chi connectivity index (χ2v) is 4.47. The van der Waals surface area contributed by atoms with Crippen LogP contribution in [-0.2, 0) is 16.0 Å². The summed E-state index contributed by atoms with van der Waals surface area (Å²) in [4.78, 5) is 25.5. The minimum atomic E-state index is -0.512. The smallest absolute Gasteiger partial charge is 0.310 e. The Morgan fingerprint density at radius 3 is 2.64 bits per heavy atom. The number of anilines is 1. The number of carbonyl (C=O) groups excluding carboxylic acids is 1. The molecule has 7 heteroatoms. The van der Waals surface area contributed by atoms with E-state index in [9.17, 15) is 14.9 Å². The summed E-state index contributed by atoms with van der Waals surface area (Å²) in [6, 6.07) is 12.2. The number of hydrogen-bond acceptors (Lipinski definition) is 6. The summed E-state index contributed by atoms with van der Waals surface area (Å²) >= 11 is 0. The Morgan fingerprint density at radius 1 is 1.23 bits per heavy atom. The molecule has 0 aliphatic rings. The van der Waals surface area contributed by atoms with Crippen LogP contribution in [0.5, 0.6) is 0 Å². The zero-order valence-corrected chi connectivity index (χ0v) is 11.8. The van der Waals surface area contributed by atoms with Gasteiger partial charge in [0.25, 0.3) is 5.69 Å². The summed E-state index contributed by atoms with van der Waals surface area (Å²) in [7, 11) is 0. The third kappa shape index (κ3) is 4.86. The maximum Gasteiger partial charge on any atom is 0.310 e. The Bertz CT molecular complexity index is 629. The Hall–Kier alpha value is -2.96. The van der Waals surface area contributed by atoms with Crippen molar-refractivity contribution in [3.63, 3.8) is 0 Å². The van der Waals surface area contributed by atoms with E-state index in [0.29, 0.717) is 12.4 Å². The number of carbonyl (C=O) groups is 1. The lowest BCUT2D eigenvalue weighted by Crippen LogP contribution is -2.15. The largest absolute Gasteiger partial charge is 0.464 e. The van der Waals surface area contributed by atoms with E-state index >= 15 is 0 Å². The van der Waals surface area contributed by atoms with E-state index in [1.165, 1.54) is 18.3 Å². The third-order valence-electron chi connectivity index (χ3n) is 2.82. The summed E-state index contributed by atoms with van der Waals surface area (Å²) in [5, 5.41) is 13.4. The number of nitro groups is 1. The van der Waals surface area contributed by atoms with Crippen LogP contribution in [0.3, 0.4) is 0 Å². The molecule has 0 saturated heterocycles. The van der Waals surface area contributed by atoms with Crippen LogP contribution >= 0.6 is 0 Å². The second kappa shape index (κ2) is 7.72. The van der Waals surface area contributed by atoms with Crippen molar-refractivity contribution in [3.05, 3.63) is 64.3 Å². The lowest BCUT2D eigenvalue weighted by Gasteiger charge is -2.07. The highest BCUT2D eigenvalue weighted by Crippen LogP contribution is 2.11. The van der Waals surface area contributed by atoms with Crippen molar-refractivity contribution in [1.29, 1.82) is 0 Å². The molecule has 0 saturated carbocycles. The van der Waals surface area contributed by atoms with Crippen molar-refractivity contribution in [2.24, 2.45) is 0 Å². The predicted molar refractivity (Wildman–Crippen MR) is 80.5 cm³/mol. The van der Waals surface area contributed by atoms with Gasteiger partial charge in [-0.3, -0.25) is 14.9 Å². The number of pyridine rings is 1. The van der Waals surface area contributed by atoms with Crippen molar-refractivity contribution in [3.8, 4) is 0 Å². The van der Waals surface area contributed by atoms with Gasteiger partial charge >= 0.3 is 5.97 Å². The second-order valence-electron chi connectivity index (χ2n) is 4.47. The van der Waals surface area contributed by atoms with Crippen LogP contribution < -0.4 is 5.32 Å². The molecule has 1 aromatic heterocycles. The van der Waals surface area contributed by atoms with Crippen LogP contribution in [0.25, 0.3) is 0 Å². The van der Waals surface area contributed by atoms with Crippen LogP contribution in [0, 0.1) is 10.1 Å². The molecule has 0 bridgehead atoms. The van der Waals surface area contributed by atoms with E-state index in [-0.39, 0.29) is 24.7 Å². The fraction of sp³-hybridized carbons (Fsp3) is 0.200. The van der Waals surface area contributed by atoms with Gasteiger partial charge in [-0.25, -0.2) is 4.98 Å². The Morgan fingerprint density at radius 2 is 2.00 bits per heavy atom. The van der Waals surface area contributed by atoms with E-state index in [4.69, 9.17) is 4.74 Å². The van der Waals surface area contributed by atoms with Gasteiger partial charge in [0, 0.05) is 6.07 Å². The Kier molecular flexibility index (Phi) is 5.42. The number of rotatable bonds is 7. The highest BCUT2D eigenvalue weighted by Gasteiger charge is 2.06. The quantitative estimate of drug-likeness (QED) is 0.364. The van der Waals surface area contributed by atoms with Gasteiger partial charge in [0.2, 0.25) is 0 Å². The topological polar surface area (TPSA) is 94.4 Å². The first-order valence-electron chi connectivity index (χ1n) is 6.69. The normalized spacial score (nSPS) is 10.0. The van der Waals surface area contributed by atoms with Gasteiger partial charge in [-0.05, 0) is 11.6 Å². The summed E-state index contributed by atoms with van der Waals surface area (Å²) in [6.07, 6.45) is 1.40. The molecule has 0 fully saturated rings. The zero-order chi connectivity index (χ0) is 15.8. The summed E-state index contributed by atoms with van der Waals surface area (Å²) < 4.78 is 5.09. The first-order chi connectivity index (χ1) is 10.6. The molecule has 114 valence electrons. The molecule has 1 heterocycles. The average Bonchev–Trinajstić information content (AvgIpc) is 2.53. The van der Waals surface area contributed by atoms with Crippen molar-refractivity contribution >= 4 is 17.5 Å². The minimum Gasteiger partial charge on any atom is -0.464 e. The van der Waals surface area contributed by atoms with Crippen LogP contribution in [0.2, 0.25) is 0 Å². The van der Waals surface area contributed by atoms with Gasteiger partial charge in [0.15, 0.2) is 0 Å². The molecule has 0 unspecified atom stereocenters. The molecule has 1 N–H and O–H groups in total. The van der Waals surface area contributed by atoms with Gasteiger partial charge in [-0.15, -0.1) is 0 Å². The molecule has 7 nitrogen and oxygen atoms in total. The van der Waals surface area contributed by atoms with Crippen molar-refractivity contribution in [2.45, 2.75) is 6.42 Å². The van der Waals surface area contributed by atoms with Gasteiger partial charge < -0.3 is 10.1 Å². The maximum absolute atomic E-state index is 11.6. The van der Waals surface area contributed by atoms with Gasteiger partial charge in [0.1, 0.15) is 18.6 Å². The summed E-state index contributed by atoms with van der Waals surface area (Å²) in [5.41, 5.74) is 0.831. The highest BCUT2D eigenvalue weighted by atomic mass is 16.6. The number of benzene rings is 1. The molecule has 0 atom stereocenters. The Balaban J connectivity index is 1.68. The molecule has 0 radical (unpaired) electrons. The SMILES string of the molecule is O=C(Cc1ccccc1)OCCNc1ccc([N+](=O)[O-])cn1. The monoisotopic (exact) mass is 301 g/mol. The average molecular weight is 301 g/mol. The molecule has 0 aliphatic heterocycles. The highest BCUT2D eigenvalue weighted by molar-refractivity contribution is 5.72. The molecule has 22 heavy (non-hydrogen) atoms. The van der Waals surface area contributed by atoms with E-state index in [0.717, 1.165) is 5.56 Å². The van der Waals surface area contributed by atoms with E-state index in [1.807, 2.05) is 30.3 Å². The minimum absolute atomic E-state index is 0.0696. The molecule has 2 rings (SSSR count). The molecule has 2 aromatic rings. The molecule has 0 aliphatic carbocycles. The number of esters is 1. The van der Waals surface area contributed by atoms with Crippen LogP contribution in [0.1, 0.15) is 5.56 Å². The summed E-state index contributed by atoms with van der Waals surface area (Å²) in [6.45, 7) is 0.579. The zero-order valence-electron chi connectivity index (χ0n) is 11.8. The first kappa shape index (κ1) is 15.4. The number of aromatic nitrogens is 1. The lowest BCUT2D eigenvalue weighted by molar-refractivity contribution is -0.385. The molecule has 1 aromatic carbocycles. The van der Waals surface area contributed by atoms with Crippen molar-refractivity contribution in [1.82, 2.24) is 4.98 Å². The van der Waals surface area contributed by atoms with Crippen molar-refractivity contribution < 1.29 is 14.5 Å². The lowest BCUT2D eigenvalue weighted by atomic mass is 10.2. The number of hydrogen-bond donors (Lipinski definition) is 1. The molecular formula is C15H15N3O4. The van der Waals surface area contributed by atoms with E-state index in [1.54, 1.807) is 0 Å². The van der Waals surface area contributed by atoms with Gasteiger partial charge in [-0.1, -0.05) is 30.3 Å². The first-order valence-corrected chi connectivity index (χ1v) is 6.69. The Labute approximate surface area is 127 Å². The summed E-state index contributed by atoms with van der Waals surface area (Å²) in [5.74, 6) is 0.189. The van der Waals surface area contributed by atoms with E-state index < -0.39 is 4.92 Å². The van der Waals surface area contributed by atoms with Crippen molar-refractivity contribution in [2.75, 3.05) is 18.5 Å². The van der Waals surface area contributed by atoms with E-state index in [2.05, 4.69) is 10.3 Å². The van der Waals surface area contributed by atoms with Crippen LogP contribution in [0.15, 0.2) is 48.7 Å². The third-order valence-corrected chi connectivity index (χ3v) is 2.82. The van der Waals surface area contributed by atoms with Gasteiger partial charge in [0.05, 0.1) is 17.9 Å². The predicted octanol–water partition coefficient (Wildman–Crippen LogP) is 2.19.